The van der Waals surface area contributed by atoms with E-state index in [9.17, 15) is 9.59 Å². The number of carbonyl (C=O) groups excluding carboxylic acids is 2. The van der Waals surface area contributed by atoms with Crippen molar-refractivity contribution in [1.82, 2.24) is 10.2 Å². The van der Waals surface area contributed by atoms with Gasteiger partial charge in [0.05, 0.1) is 10.6 Å². The molecule has 0 aromatic carbocycles. The summed E-state index contributed by atoms with van der Waals surface area (Å²) in [5.41, 5.74) is 1.04. The summed E-state index contributed by atoms with van der Waals surface area (Å²) in [5.74, 6) is -0.0855. The molecule has 1 aliphatic rings. The van der Waals surface area contributed by atoms with Crippen LogP contribution in [0.4, 0.5) is 10.5 Å². The van der Waals surface area contributed by atoms with E-state index < -0.39 is 0 Å². The number of hydrogen-bond donors (Lipinski definition) is 2. The van der Waals surface area contributed by atoms with E-state index >= 15 is 0 Å². The molecule has 1 aromatic rings. The molecule has 1 aromatic heterocycles. The van der Waals surface area contributed by atoms with Gasteiger partial charge in [-0.25, -0.2) is 4.79 Å². The molecule has 6 heteroatoms. The minimum absolute atomic E-state index is 0.0638. The highest BCUT2D eigenvalue weighted by molar-refractivity contribution is 7.14. The number of nitrogens with zero attached hydrogens (tertiary/aromatic N) is 1. The zero-order valence-electron chi connectivity index (χ0n) is 14.5. The molecule has 3 amide bonds. The maximum atomic E-state index is 12.5. The van der Waals surface area contributed by atoms with E-state index in [-0.39, 0.29) is 11.9 Å². The summed E-state index contributed by atoms with van der Waals surface area (Å²) in [7, 11) is 0. The molecule has 23 heavy (non-hydrogen) atoms. The average molecular weight is 337 g/mol. The second-order valence-electron chi connectivity index (χ2n) is 6.87. The molecule has 2 rings (SSSR count). The van der Waals surface area contributed by atoms with Crippen LogP contribution in [0.5, 0.6) is 0 Å². The van der Waals surface area contributed by atoms with Crippen LogP contribution < -0.4 is 10.6 Å². The van der Waals surface area contributed by atoms with Gasteiger partial charge in [0.15, 0.2) is 0 Å². The summed E-state index contributed by atoms with van der Waals surface area (Å²) < 4.78 is 0. The maximum absolute atomic E-state index is 12.5. The molecule has 1 saturated heterocycles. The van der Waals surface area contributed by atoms with Crippen molar-refractivity contribution in [2.75, 3.05) is 25.0 Å². The van der Waals surface area contributed by atoms with Gasteiger partial charge in [-0.3, -0.25) is 4.79 Å². The summed E-state index contributed by atoms with van der Waals surface area (Å²) in [6.07, 6.45) is 3.20. The molecular weight excluding hydrogens is 310 g/mol. The largest absolute Gasteiger partial charge is 0.352 e. The molecule has 2 heterocycles. The van der Waals surface area contributed by atoms with Crippen LogP contribution in [0.25, 0.3) is 0 Å². The molecule has 1 fully saturated rings. The van der Waals surface area contributed by atoms with Crippen LogP contribution in [0.1, 0.15) is 54.6 Å². The van der Waals surface area contributed by atoms with E-state index in [0.717, 1.165) is 42.9 Å². The zero-order valence-corrected chi connectivity index (χ0v) is 15.3. The first kappa shape index (κ1) is 17.8. The minimum atomic E-state index is -0.0855. The lowest BCUT2D eigenvalue weighted by Crippen LogP contribution is -2.36. The van der Waals surface area contributed by atoms with Gasteiger partial charge in [-0.2, -0.15) is 0 Å². The molecule has 0 aliphatic carbocycles. The van der Waals surface area contributed by atoms with Crippen molar-refractivity contribution in [1.29, 1.82) is 0 Å². The molecule has 128 valence electrons. The van der Waals surface area contributed by atoms with Crippen molar-refractivity contribution in [3.05, 3.63) is 15.8 Å². The van der Waals surface area contributed by atoms with Gasteiger partial charge in [0.2, 0.25) is 0 Å². The first-order valence-corrected chi connectivity index (χ1v) is 9.08. The van der Waals surface area contributed by atoms with Gasteiger partial charge >= 0.3 is 6.03 Å². The van der Waals surface area contributed by atoms with Gasteiger partial charge < -0.3 is 15.5 Å². The van der Waals surface area contributed by atoms with Crippen LogP contribution in [-0.4, -0.2) is 36.5 Å². The van der Waals surface area contributed by atoms with E-state index in [0.29, 0.717) is 16.8 Å². The number of amides is 3. The Kier molecular flexibility index (Phi) is 5.68. The Morgan fingerprint density at radius 1 is 1.30 bits per heavy atom. The predicted molar refractivity (Wildman–Crippen MR) is 95.3 cm³/mol. The van der Waals surface area contributed by atoms with E-state index in [1.165, 1.54) is 11.3 Å². The monoisotopic (exact) mass is 337 g/mol. The third-order valence-electron chi connectivity index (χ3n) is 4.35. The number of anilines is 1. The highest BCUT2D eigenvalue weighted by Gasteiger charge is 2.26. The van der Waals surface area contributed by atoms with Gasteiger partial charge in [0.25, 0.3) is 5.91 Å². The normalized spacial score (nSPS) is 17.5. The molecule has 0 saturated carbocycles. The Balaban J connectivity index is 2.01. The van der Waals surface area contributed by atoms with Crippen LogP contribution in [0, 0.1) is 12.3 Å². The molecule has 2 N–H and O–H groups in total. The number of rotatable bonds is 3. The third kappa shape index (κ3) is 4.70. The molecule has 0 unspecified atom stereocenters. The van der Waals surface area contributed by atoms with Crippen molar-refractivity contribution >= 4 is 29.0 Å². The topological polar surface area (TPSA) is 61.4 Å². The van der Waals surface area contributed by atoms with E-state index in [4.69, 9.17) is 0 Å². The number of urea groups is 1. The van der Waals surface area contributed by atoms with Crippen LogP contribution in [0.3, 0.4) is 0 Å². The van der Waals surface area contributed by atoms with Gasteiger partial charge in [0, 0.05) is 24.5 Å². The van der Waals surface area contributed by atoms with E-state index in [2.05, 4.69) is 24.5 Å². The van der Waals surface area contributed by atoms with Crippen molar-refractivity contribution in [3.63, 3.8) is 0 Å². The highest BCUT2D eigenvalue weighted by atomic mass is 32.1. The van der Waals surface area contributed by atoms with Gasteiger partial charge in [-0.15, -0.1) is 11.3 Å². The second kappa shape index (κ2) is 7.34. The van der Waals surface area contributed by atoms with Crippen molar-refractivity contribution in [2.45, 2.75) is 47.0 Å². The van der Waals surface area contributed by atoms with Crippen LogP contribution in [-0.2, 0) is 0 Å². The number of likely N-dealkylation sites (tertiary alicyclic amines) is 1. The SMILES string of the molecule is CCNC(=O)c1cc(NC(=O)N2CCCC(C)(C)CC2)c(C)s1. The molecule has 0 atom stereocenters. The Morgan fingerprint density at radius 2 is 2.04 bits per heavy atom. The Labute approximate surface area is 142 Å². The summed E-state index contributed by atoms with van der Waals surface area (Å²) >= 11 is 1.41. The second-order valence-corrected chi connectivity index (χ2v) is 8.13. The Bertz CT molecular complexity index is 580. The minimum Gasteiger partial charge on any atom is -0.352 e. The Hall–Kier alpha value is -1.56. The fraction of sp³-hybridized carbons (Fsp3) is 0.647. The van der Waals surface area contributed by atoms with E-state index in [1.807, 2.05) is 18.7 Å². The van der Waals surface area contributed by atoms with Crippen molar-refractivity contribution < 1.29 is 9.59 Å². The van der Waals surface area contributed by atoms with Crippen LogP contribution in [0.15, 0.2) is 6.07 Å². The first-order valence-electron chi connectivity index (χ1n) is 8.27. The molecule has 0 radical (unpaired) electrons. The summed E-state index contributed by atoms with van der Waals surface area (Å²) in [6.45, 7) is 10.5. The lowest BCUT2D eigenvalue weighted by Gasteiger charge is -2.23. The molecular formula is C17H27N3O2S. The van der Waals surface area contributed by atoms with Crippen LogP contribution >= 0.6 is 11.3 Å². The molecule has 0 spiro atoms. The smallest absolute Gasteiger partial charge is 0.321 e. The van der Waals surface area contributed by atoms with Gasteiger partial charge in [0.1, 0.15) is 0 Å². The zero-order chi connectivity index (χ0) is 17.0. The predicted octanol–water partition coefficient (Wildman–Crippen LogP) is 3.85. The van der Waals surface area contributed by atoms with Crippen molar-refractivity contribution in [3.8, 4) is 0 Å². The lowest BCUT2D eigenvalue weighted by atomic mass is 9.85. The maximum Gasteiger partial charge on any atom is 0.321 e. The quantitative estimate of drug-likeness (QED) is 0.880. The number of carbonyl (C=O) groups is 2. The van der Waals surface area contributed by atoms with Crippen LogP contribution in [0.2, 0.25) is 0 Å². The molecule has 0 bridgehead atoms. The number of nitrogens with one attached hydrogen (secondary N) is 2. The first-order chi connectivity index (χ1) is 10.8. The van der Waals surface area contributed by atoms with E-state index in [1.54, 1.807) is 6.07 Å². The molecule has 1 aliphatic heterocycles. The standard InChI is InChI=1S/C17H27N3O2S/c1-5-18-15(21)14-11-13(12(2)23-14)19-16(22)20-9-6-7-17(3,4)8-10-20/h11H,5-10H2,1-4H3,(H,18,21)(H,19,22). The fourth-order valence-electron chi connectivity index (χ4n) is 2.79. The average Bonchev–Trinajstić information content (AvgIpc) is 2.73. The van der Waals surface area contributed by atoms with Gasteiger partial charge in [-0.1, -0.05) is 13.8 Å². The van der Waals surface area contributed by atoms with Crippen molar-refractivity contribution in [2.24, 2.45) is 5.41 Å². The summed E-state index contributed by atoms with van der Waals surface area (Å²) in [6, 6.07) is 1.70. The number of hydrogen-bond acceptors (Lipinski definition) is 3. The summed E-state index contributed by atoms with van der Waals surface area (Å²) in [4.78, 5) is 27.9. The number of aryl methyl sites for hydroxylation is 1. The third-order valence-corrected chi connectivity index (χ3v) is 5.40. The molecule has 5 nitrogen and oxygen atoms in total. The highest BCUT2D eigenvalue weighted by Crippen LogP contribution is 2.31. The number of thiophene rings is 1. The lowest BCUT2D eigenvalue weighted by molar-refractivity contribution is 0.0960. The summed E-state index contributed by atoms with van der Waals surface area (Å²) in [5, 5.41) is 5.75. The Morgan fingerprint density at radius 3 is 2.74 bits per heavy atom. The van der Waals surface area contributed by atoms with Gasteiger partial charge in [-0.05, 0) is 44.6 Å². The fourth-order valence-corrected chi connectivity index (χ4v) is 3.68.